The Hall–Kier alpha value is -1.28. The second-order valence-electron chi connectivity index (χ2n) is 6.64. The first-order valence-corrected chi connectivity index (χ1v) is 8.50. The number of aryl methyl sites for hydroxylation is 3. The Kier molecular flexibility index (Phi) is 5.10. The van der Waals surface area contributed by atoms with E-state index in [-0.39, 0.29) is 5.41 Å². The van der Waals surface area contributed by atoms with E-state index in [1.807, 2.05) is 24.2 Å². The third-order valence-corrected chi connectivity index (χ3v) is 5.05. The Morgan fingerprint density at radius 3 is 2.10 bits per heavy atom. The van der Waals surface area contributed by atoms with Crippen LogP contribution >= 0.6 is 11.8 Å². The number of thioether (sulfide) groups is 1. The summed E-state index contributed by atoms with van der Waals surface area (Å²) in [5, 5.41) is 0. The molecular formula is C19H25NS. The van der Waals surface area contributed by atoms with Crippen LogP contribution in [-0.2, 0) is 11.8 Å². The van der Waals surface area contributed by atoms with E-state index in [2.05, 4.69) is 63.9 Å². The van der Waals surface area contributed by atoms with Crippen LogP contribution in [-0.4, -0.2) is 10.7 Å². The van der Waals surface area contributed by atoms with Gasteiger partial charge in [-0.3, -0.25) is 4.98 Å². The molecule has 2 heteroatoms. The number of nitrogens with zero attached hydrogens (tertiary/aromatic N) is 1. The van der Waals surface area contributed by atoms with Gasteiger partial charge < -0.3 is 0 Å². The SMILES string of the molecule is Cc1cc(C(C)(C)C)cc(C)c1SCCc1ccncc1. The zero-order valence-corrected chi connectivity index (χ0v) is 14.6. The predicted molar refractivity (Wildman–Crippen MR) is 93.3 cm³/mol. The average molecular weight is 299 g/mol. The molecular weight excluding hydrogens is 274 g/mol. The molecule has 1 nitrogen and oxygen atoms in total. The van der Waals surface area contributed by atoms with Gasteiger partial charge in [-0.25, -0.2) is 0 Å². The number of hydrogen-bond donors (Lipinski definition) is 0. The van der Waals surface area contributed by atoms with Crippen LogP contribution in [0, 0.1) is 13.8 Å². The highest BCUT2D eigenvalue weighted by Crippen LogP contribution is 2.32. The van der Waals surface area contributed by atoms with Crippen LogP contribution in [0.25, 0.3) is 0 Å². The minimum Gasteiger partial charge on any atom is -0.265 e. The van der Waals surface area contributed by atoms with Crippen molar-refractivity contribution in [1.82, 2.24) is 4.98 Å². The third kappa shape index (κ3) is 4.34. The highest BCUT2D eigenvalue weighted by Gasteiger charge is 2.16. The molecule has 0 unspecified atom stereocenters. The van der Waals surface area contributed by atoms with Crippen LogP contribution < -0.4 is 0 Å². The number of pyridine rings is 1. The number of rotatable bonds is 4. The van der Waals surface area contributed by atoms with Crippen LogP contribution in [0.1, 0.15) is 43.0 Å². The van der Waals surface area contributed by atoms with Crippen LogP contribution in [0.3, 0.4) is 0 Å². The second-order valence-corrected chi connectivity index (χ2v) is 7.75. The molecule has 0 saturated carbocycles. The predicted octanol–water partition coefficient (Wildman–Crippen LogP) is 5.33. The normalized spacial score (nSPS) is 11.7. The van der Waals surface area contributed by atoms with Crippen LogP contribution in [0.5, 0.6) is 0 Å². The lowest BCUT2D eigenvalue weighted by Crippen LogP contribution is -2.12. The summed E-state index contributed by atoms with van der Waals surface area (Å²) >= 11 is 1.97. The Morgan fingerprint density at radius 2 is 1.57 bits per heavy atom. The summed E-state index contributed by atoms with van der Waals surface area (Å²) in [5.74, 6) is 1.11. The van der Waals surface area contributed by atoms with Gasteiger partial charge in [0.05, 0.1) is 0 Å². The van der Waals surface area contributed by atoms with Crippen molar-refractivity contribution in [1.29, 1.82) is 0 Å². The first-order valence-electron chi connectivity index (χ1n) is 7.51. The van der Waals surface area contributed by atoms with E-state index in [1.165, 1.54) is 27.1 Å². The zero-order chi connectivity index (χ0) is 15.5. The highest BCUT2D eigenvalue weighted by atomic mass is 32.2. The van der Waals surface area contributed by atoms with Gasteiger partial charge in [0.2, 0.25) is 0 Å². The summed E-state index contributed by atoms with van der Waals surface area (Å²) in [4.78, 5) is 5.51. The van der Waals surface area contributed by atoms with Crippen LogP contribution in [0.4, 0.5) is 0 Å². The van der Waals surface area contributed by atoms with Gasteiger partial charge in [-0.05, 0) is 60.1 Å². The molecule has 0 spiro atoms. The molecule has 0 N–H and O–H groups in total. The molecule has 1 heterocycles. The summed E-state index contributed by atoms with van der Waals surface area (Å²) in [6.07, 6.45) is 4.83. The first-order chi connectivity index (χ1) is 9.88. The lowest BCUT2D eigenvalue weighted by atomic mass is 9.85. The van der Waals surface area contributed by atoms with Crippen LogP contribution in [0.15, 0.2) is 41.6 Å². The van der Waals surface area contributed by atoms with E-state index in [9.17, 15) is 0 Å². The Morgan fingerprint density at radius 1 is 1.00 bits per heavy atom. The fourth-order valence-electron chi connectivity index (χ4n) is 2.43. The molecule has 112 valence electrons. The van der Waals surface area contributed by atoms with E-state index in [0.29, 0.717) is 0 Å². The summed E-state index contributed by atoms with van der Waals surface area (Å²) in [5.41, 5.74) is 5.81. The molecule has 0 saturated heterocycles. The van der Waals surface area contributed by atoms with Crippen molar-refractivity contribution in [3.63, 3.8) is 0 Å². The molecule has 0 fully saturated rings. The molecule has 1 aromatic carbocycles. The summed E-state index contributed by atoms with van der Waals surface area (Å²) in [6.45, 7) is 11.3. The number of aromatic nitrogens is 1. The molecule has 0 aliphatic carbocycles. The van der Waals surface area contributed by atoms with Gasteiger partial charge in [-0.2, -0.15) is 0 Å². The van der Waals surface area contributed by atoms with Crippen molar-refractivity contribution in [2.75, 3.05) is 5.75 Å². The molecule has 0 radical (unpaired) electrons. The summed E-state index contributed by atoms with van der Waals surface area (Å²) in [7, 11) is 0. The molecule has 2 aromatic rings. The van der Waals surface area contributed by atoms with Crippen molar-refractivity contribution >= 4 is 11.8 Å². The topological polar surface area (TPSA) is 12.9 Å². The van der Waals surface area contributed by atoms with E-state index < -0.39 is 0 Å². The third-order valence-electron chi connectivity index (χ3n) is 3.71. The fourth-order valence-corrected chi connectivity index (χ4v) is 3.55. The van der Waals surface area contributed by atoms with Gasteiger partial charge >= 0.3 is 0 Å². The summed E-state index contributed by atoms with van der Waals surface area (Å²) in [6, 6.07) is 8.90. The molecule has 2 rings (SSSR count). The van der Waals surface area contributed by atoms with Gasteiger partial charge in [0.25, 0.3) is 0 Å². The van der Waals surface area contributed by atoms with Gasteiger partial charge in [0.15, 0.2) is 0 Å². The van der Waals surface area contributed by atoms with Crippen LogP contribution in [0.2, 0.25) is 0 Å². The number of hydrogen-bond acceptors (Lipinski definition) is 2. The minimum absolute atomic E-state index is 0.218. The molecule has 0 amide bonds. The first kappa shape index (κ1) is 16.1. The maximum absolute atomic E-state index is 4.07. The molecule has 0 aliphatic heterocycles. The largest absolute Gasteiger partial charge is 0.265 e. The Balaban J connectivity index is 2.07. The molecule has 21 heavy (non-hydrogen) atoms. The Bertz CT molecular complexity index is 574. The van der Waals surface area contributed by atoms with Gasteiger partial charge in [0, 0.05) is 23.0 Å². The Labute approximate surface area is 133 Å². The van der Waals surface area contributed by atoms with Gasteiger partial charge in [-0.15, -0.1) is 11.8 Å². The monoisotopic (exact) mass is 299 g/mol. The van der Waals surface area contributed by atoms with Crippen molar-refractivity contribution in [3.8, 4) is 0 Å². The molecule has 0 atom stereocenters. The second kappa shape index (κ2) is 6.65. The lowest BCUT2D eigenvalue weighted by molar-refractivity contribution is 0.588. The zero-order valence-electron chi connectivity index (χ0n) is 13.7. The quantitative estimate of drug-likeness (QED) is 0.708. The van der Waals surface area contributed by atoms with E-state index in [4.69, 9.17) is 0 Å². The van der Waals surface area contributed by atoms with E-state index in [0.717, 1.165) is 12.2 Å². The van der Waals surface area contributed by atoms with Crippen molar-refractivity contribution in [3.05, 3.63) is 58.9 Å². The van der Waals surface area contributed by atoms with E-state index in [1.54, 1.807) is 0 Å². The lowest BCUT2D eigenvalue weighted by Gasteiger charge is -2.22. The number of benzene rings is 1. The maximum Gasteiger partial charge on any atom is 0.0270 e. The molecule has 0 bridgehead atoms. The summed E-state index contributed by atoms with van der Waals surface area (Å²) < 4.78 is 0. The van der Waals surface area contributed by atoms with Gasteiger partial charge in [0.1, 0.15) is 0 Å². The fraction of sp³-hybridized carbons (Fsp3) is 0.421. The smallest absolute Gasteiger partial charge is 0.0270 e. The molecule has 0 aliphatic rings. The average Bonchev–Trinajstić information content (AvgIpc) is 2.42. The molecule has 1 aromatic heterocycles. The van der Waals surface area contributed by atoms with E-state index >= 15 is 0 Å². The van der Waals surface area contributed by atoms with Gasteiger partial charge in [-0.1, -0.05) is 32.9 Å². The minimum atomic E-state index is 0.218. The van der Waals surface area contributed by atoms with Crippen molar-refractivity contribution in [2.24, 2.45) is 0 Å². The highest BCUT2D eigenvalue weighted by molar-refractivity contribution is 7.99. The standard InChI is InChI=1S/C19H25NS/c1-14-12-17(19(3,4)5)13-15(2)18(14)21-11-8-16-6-9-20-10-7-16/h6-7,9-10,12-13H,8,11H2,1-5H3. The van der Waals surface area contributed by atoms with Crippen molar-refractivity contribution in [2.45, 2.75) is 51.3 Å². The van der Waals surface area contributed by atoms with Crippen molar-refractivity contribution < 1.29 is 0 Å². The maximum atomic E-state index is 4.07.